The lowest BCUT2D eigenvalue weighted by atomic mass is 10.1. The SMILES string of the molecule is CC.COCCOC1CCN(S(C)(=O)=O)CC1. The second-order valence-electron chi connectivity index (χ2n) is 3.72. The largest absolute Gasteiger partial charge is 0.382 e. The molecule has 0 saturated carbocycles. The topological polar surface area (TPSA) is 55.8 Å². The lowest BCUT2D eigenvalue weighted by Gasteiger charge is -2.30. The number of hydrogen-bond donors (Lipinski definition) is 0. The summed E-state index contributed by atoms with van der Waals surface area (Å²) in [7, 11) is -1.39. The number of rotatable bonds is 5. The molecule has 17 heavy (non-hydrogen) atoms. The van der Waals surface area contributed by atoms with E-state index in [1.165, 1.54) is 10.6 Å². The van der Waals surface area contributed by atoms with Gasteiger partial charge in [0.2, 0.25) is 10.0 Å². The van der Waals surface area contributed by atoms with Crippen molar-refractivity contribution in [1.29, 1.82) is 0 Å². The maximum absolute atomic E-state index is 11.2. The fourth-order valence-corrected chi connectivity index (χ4v) is 2.50. The summed E-state index contributed by atoms with van der Waals surface area (Å²) < 4.78 is 34.4. The minimum absolute atomic E-state index is 0.179. The molecule has 0 amide bonds. The van der Waals surface area contributed by atoms with Crippen LogP contribution < -0.4 is 0 Å². The van der Waals surface area contributed by atoms with Crippen LogP contribution in [0.4, 0.5) is 0 Å². The highest BCUT2D eigenvalue weighted by Crippen LogP contribution is 2.15. The molecule has 0 N–H and O–H groups in total. The Balaban J connectivity index is 0.00000121. The maximum Gasteiger partial charge on any atom is 0.211 e. The Bertz CT molecular complexity index is 271. The summed E-state index contributed by atoms with van der Waals surface area (Å²) in [6.07, 6.45) is 2.98. The highest BCUT2D eigenvalue weighted by atomic mass is 32.2. The van der Waals surface area contributed by atoms with E-state index in [-0.39, 0.29) is 6.10 Å². The molecule has 0 spiro atoms. The van der Waals surface area contributed by atoms with Gasteiger partial charge in [-0.05, 0) is 12.8 Å². The van der Waals surface area contributed by atoms with Gasteiger partial charge in [0.25, 0.3) is 0 Å². The van der Waals surface area contributed by atoms with Gasteiger partial charge in [0.15, 0.2) is 0 Å². The Morgan fingerprint density at radius 3 is 2.12 bits per heavy atom. The van der Waals surface area contributed by atoms with Crippen molar-refractivity contribution in [3.05, 3.63) is 0 Å². The van der Waals surface area contributed by atoms with Crippen molar-refractivity contribution in [2.24, 2.45) is 0 Å². The summed E-state index contributed by atoms with van der Waals surface area (Å²) in [4.78, 5) is 0. The molecule has 5 nitrogen and oxygen atoms in total. The van der Waals surface area contributed by atoms with Crippen molar-refractivity contribution < 1.29 is 17.9 Å². The van der Waals surface area contributed by atoms with Crippen LogP contribution in [0.1, 0.15) is 26.7 Å². The molecule has 0 aromatic carbocycles. The Morgan fingerprint density at radius 2 is 1.71 bits per heavy atom. The van der Waals surface area contributed by atoms with Gasteiger partial charge in [-0.3, -0.25) is 0 Å². The smallest absolute Gasteiger partial charge is 0.211 e. The van der Waals surface area contributed by atoms with E-state index in [1.54, 1.807) is 7.11 Å². The van der Waals surface area contributed by atoms with E-state index in [9.17, 15) is 8.42 Å². The van der Waals surface area contributed by atoms with Crippen LogP contribution in [0.3, 0.4) is 0 Å². The Labute approximate surface area is 105 Å². The molecule has 6 heteroatoms. The normalized spacial score (nSPS) is 18.6. The zero-order chi connectivity index (χ0) is 13.3. The van der Waals surface area contributed by atoms with E-state index in [0.29, 0.717) is 26.3 Å². The number of methoxy groups -OCH3 is 1. The van der Waals surface area contributed by atoms with E-state index < -0.39 is 10.0 Å². The van der Waals surface area contributed by atoms with Gasteiger partial charge < -0.3 is 9.47 Å². The second kappa shape index (κ2) is 8.85. The zero-order valence-electron chi connectivity index (χ0n) is 11.3. The molecule has 1 rings (SSSR count). The molecule has 0 radical (unpaired) electrons. The number of sulfonamides is 1. The van der Waals surface area contributed by atoms with Crippen LogP contribution in [0.2, 0.25) is 0 Å². The maximum atomic E-state index is 11.2. The average Bonchev–Trinajstić information content (AvgIpc) is 2.32. The lowest BCUT2D eigenvalue weighted by molar-refractivity contribution is -0.00495. The second-order valence-corrected chi connectivity index (χ2v) is 5.71. The minimum atomic E-state index is -3.02. The first-order valence-electron chi connectivity index (χ1n) is 6.09. The third kappa shape index (κ3) is 6.98. The molecule has 1 aliphatic rings. The fourth-order valence-electron chi connectivity index (χ4n) is 1.63. The third-order valence-corrected chi connectivity index (χ3v) is 3.81. The van der Waals surface area contributed by atoms with Crippen molar-refractivity contribution in [2.45, 2.75) is 32.8 Å². The van der Waals surface area contributed by atoms with Gasteiger partial charge in [0.1, 0.15) is 0 Å². The van der Waals surface area contributed by atoms with E-state index in [2.05, 4.69) is 0 Å². The van der Waals surface area contributed by atoms with Gasteiger partial charge in [-0.15, -0.1) is 0 Å². The molecule has 1 aliphatic heterocycles. The van der Waals surface area contributed by atoms with E-state index in [4.69, 9.17) is 9.47 Å². The molecular weight excluding hydrogens is 242 g/mol. The van der Waals surface area contributed by atoms with Gasteiger partial charge in [-0.25, -0.2) is 12.7 Å². The Morgan fingerprint density at radius 1 is 1.18 bits per heavy atom. The van der Waals surface area contributed by atoms with E-state index in [0.717, 1.165) is 12.8 Å². The van der Waals surface area contributed by atoms with Crippen molar-refractivity contribution in [2.75, 3.05) is 39.7 Å². The highest BCUT2D eigenvalue weighted by molar-refractivity contribution is 7.88. The summed E-state index contributed by atoms with van der Waals surface area (Å²) in [6.45, 7) is 6.30. The van der Waals surface area contributed by atoms with Crippen molar-refractivity contribution in [1.82, 2.24) is 4.31 Å². The standard InChI is InChI=1S/C9H19NO4S.C2H6/c1-13-7-8-14-9-3-5-10(6-4-9)15(2,11)12;1-2/h9H,3-8H2,1-2H3;1-2H3. The van der Waals surface area contributed by atoms with Gasteiger partial charge in [0.05, 0.1) is 25.6 Å². The Kier molecular flexibility index (Phi) is 8.77. The van der Waals surface area contributed by atoms with E-state index >= 15 is 0 Å². The summed E-state index contributed by atoms with van der Waals surface area (Å²) in [5, 5.41) is 0. The number of piperidine rings is 1. The molecule has 0 atom stereocenters. The number of ether oxygens (including phenoxy) is 2. The summed E-state index contributed by atoms with van der Waals surface area (Å²) >= 11 is 0. The molecule has 1 saturated heterocycles. The quantitative estimate of drug-likeness (QED) is 0.700. The van der Waals surface area contributed by atoms with Crippen LogP contribution >= 0.6 is 0 Å². The highest BCUT2D eigenvalue weighted by Gasteiger charge is 2.24. The minimum Gasteiger partial charge on any atom is -0.382 e. The molecule has 0 aliphatic carbocycles. The first-order chi connectivity index (χ1) is 8.04. The monoisotopic (exact) mass is 267 g/mol. The predicted molar refractivity (Wildman–Crippen MR) is 68.6 cm³/mol. The first kappa shape index (κ1) is 16.8. The fraction of sp³-hybridized carbons (Fsp3) is 1.00. The molecular formula is C11H25NO4S. The van der Waals surface area contributed by atoms with Gasteiger partial charge in [-0.1, -0.05) is 13.8 Å². The van der Waals surface area contributed by atoms with Gasteiger partial charge >= 0.3 is 0 Å². The summed E-state index contributed by atoms with van der Waals surface area (Å²) in [6, 6.07) is 0. The molecule has 0 aromatic heterocycles. The van der Waals surface area contributed by atoms with Crippen LogP contribution in [0, 0.1) is 0 Å². The Hall–Kier alpha value is -0.170. The van der Waals surface area contributed by atoms with Crippen LogP contribution in [0.25, 0.3) is 0 Å². The average molecular weight is 267 g/mol. The van der Waals surface area contributed by atoms with Crippen LogP contribution in [-0.2, 0) is 19.5 Å². The third-order valence-electron chi connectivity index (χ3n) is 2.51. The lowest BCUT2D eigenvalue weighted by Crippen LogP contribution is -2.40. The molecule has 0 unspecified atom stereocenters. The molecule has 1 heterocycles. The molecule has 104 valence electrons. The first-order valence-corrected chi connectivity index (χ1v) is 7.94. The van der Waals surface area contributed by atoms with E-state index in [1.807, 2.05) is 13.8 Å². The van der Waals surface area contributed by atoms with Gasteiger partial charge in [-0.2, -0.15) is 0 Å². The van der Waals surface area contributed by atoms with Crippen LogP contribution in [-0.4, -0.2) is 58.5 Å². The molecule has 0 aromatic rings. The molecule has 0 bridgehead atoms. The predicted octanol–water partition coefficient (Wildman–Crippen LogP) is 1.10. The van der Waals surface area contributed by atoms with Crippen molar-refractivity contribution in [3.8, 4) is 0 Å². The zero-order valence-corrected chi connectivity index (χ0v) is 12.1. The number of hydrogen-bond acceptors (Lipinski definition) is 4. The summed E-state index contributed by atoms with van der Waals surface area (Å²) in [5.41, 5.74) is 0. The molecule has 1 fully saturated rings. The number of nitrogens with zero attached hydrogens (tertiary/aromatic N) is 1. The van der Waals surface area contributed by atoms with Gasteiger partial charge in [0, 0.05) is 20.2 Å². The van der Waals surface area contributed by atoms with Crippen LogP contribution in [0.15, 0.2) is 0 Å². The van der Waals surface area contributed by atoms with Crippen molar-refractivity contribution >= 4 is 10.0 Å². The van der Waals surface area contributed by atoms with Crippen LogP contribution in [0.5, 0.6) is 0 Å². The van der Waals surface area contributed by atoms with Crippen molar-refractivity contribution in [3.63, 3.8) is 0 Å². The summed E-state index contributed by atoms with van der Waals surface area (Å²) in [5.74, 6) is 0.